The van der Waals surface area contributed by atoms with Crippen molar-refractivity contribution in [2.24, 2.45) is 40.9 Å². The summed E-state index contributed by atoms with van der Waals surface area (Å²) in [4.78, 5) is 21.8. The fourth-order valence-corrected chi connectivity index (χ4v) is 8.78. The topological polar surface area (TPSA) is 80.9 Å². The third-order valence-corrected chi connectivity index (χ3v) is 10.2. The molecule has 32 heavy (non-hydrogen) atoms. The van der Waals surface area contributed by atoms with Crippen molar-refractivity contribution < 1.29 is 9.90 Å². The van der Waals surface area contributed by atoms with Crippen molar-refractivity contribution in [1.29, 1.82) is 0 Å². The van der Waals surface area contributed by atoms with Crippen LogP contribution in [0.4, 0.5) is 0 Å². The normalized spacial score (nSPS) is 43.5. The van der Waals surface area contributed by atoms with E-state index in [1.54, 1.807) is 10.9 Å². The zero-order valence-electron chi connectivity index (χ0n) is 19.4. The van der Waals surface area contributed by atoms with Gasteiger partial charge in [-0.25, -0.2) is 9.97 Å². The lowest BCUT2D eigenvalue weighted by Gasteiger charge is -2.56. The van der Waals surface area contributed by atoms with Crippen LogP contribution in [0.2, 0.25) is 0 Å². The monoisotopic (exact) mass is 436 g/mol. The number of fused-ring (bicyclic) bond motifs is 6. The highest BCUT2D eigenvalue weighted by Crippen LogP contribution is 2.64. The van der Waals surface area contributed by atoms with Crippen molar-refractivity contribution in [2.45, 2.75) is 83.8 Å². The van der Waals surface area contributed by atoms with Gasteiger partial charge in [-0.15, -0.1) is 0 Å². The van der Waals surface area contributed by atoms with E-state index < -0.39 is 5.60 Å². The van der Waals surface area contributed by atoms with Gasteiger partial charge in [0, 0.05) is 5.92 Å². The number of carbonyl (C=O) groups excluding carboxylic acids is 1. The van der Waals surface area contributed by atoms with Gasteiger partial charge in [0.05, 0.1) is 24.5 Å². The second kappa shape index (κ2) is 7.34. The Balaban J connectivity index is 1.18. The molecule has 0 amide bonds. The lowest BCUT2D eigenvalue weighted by molar-refractivity contribution is -0.133. The predicted molar refractivity (Wildman–Crippen MR) is 122 cm³/mol. The molecule has 2 heterocycles. The molecule has 2 aromatic heterocycles. The van der Waals surface area contributed by atoms with Crippen LogP contribution in [0.1, 0.15) is 71.6 Å². The maximum absolute atomic E-state index is 13.5. The smallest absolute Gasteiger partial charge is 0.157 e. The van der Waals surface area contributed by atoms with Crippen molar-refractivity contribution in [2.75, 3.05) is 0 Å². The lowest BCUT2D eigenvalue weighted by Crippen LogP contribution is -2.51. The largest absolute Gasteiger partial charge is 0.390 e. The van der Waals surface area contributed by atoms with Crippen molar-refractivity contribution in [3.05, 3.63) is 18.7 Å². The van der Waals surface area contributed by atoms with Crippen LogP contribution in [0.25, 0.3) is 11.0 Å². The molecule has 0 aliphatic heterocycles. The number of rotatable bonds is 3. The van der Waals surface area contributed by atoms with Gasteiger partial charge >= 0.3 is 0 Å². The first-order valence-electron chi connectivity index (χ1n) is 12.7. The number of ketones is 1. The van der Waals surface area contributed by atoms with Gasteiger partial charge in [0.1, 0.15) is 17.4 Å². The molecule has 2 aromatic rings. The van der Waals surface area contributed by atoms with Crippen LogP contribution in [0, 0.1) is 40.9 Å². The zero-order valence-corrected chi connectivity index (χ0v) is 19.4. The summed E-state index contributed by atoms with van der Waals surface area (Å²) in [7, 11) is 0. The summed E-state index contributed by atoms with van der Waals surface area (Å²) in [5.74, 6) is 4.27. The quantitative estimate of drug-likeness (QED) is 0.771. The van der Waals surface area contributed by atoms with Crippen LogP contribution < -0.4 is 0 Å². The first-order valence-corrected chi connectivity index (χ1v) is 12.7. The minimum atomic E-state index is -0.453. The summed E-state index contributed by atoms with van der Waals surface area (Å²) >= 11 is 0. The molecule has 0 bridgehead atoms. The number of hydrogen-bond donors (Lipinski definition) is 1. The second-order valence-electron chi connectivity index (χ2n) is 11.9. The summed E-state index contributed by atoms with van der Waals surface area (Å²) in [5.41, 5.74) is 1.23. The Morgan fingerprint density at radius 1 is 1.06 bits per heavy atom. The maximum Gasteiger partial charge on any atom is 0.157 e. The summed E-state index contributed by atoms with van der Waals surface area (Å²) in [5, 5.41) is 15.1. The van der Waals surface area contributed by atoms with Crippen LogP contribution in [-0.2, 0) is 11.3 Å². The standard InChI is InChI=1S/C26H36N4O2/c1-25(32)9-7-17-16(11-25)3-4-19-18(17)8-10-26(2)20(19)5-6-21(26)24(31)14-30-13-23-22(29-30)12-27-15-28-23/h12-13,15-21,32H,3-11,14H2,1-2H3. The Labute approximate surface area is 190 Å². The SMILES string of the molecule is CC1(O)CCC2C(CCC3C2CCC2(C)C(C(=O)Cn4cc5ncncc5n4)CCC32)C1. The molecule has 4 aliphatic rings. The summed E-state index contributed by atoms with van der Waals surface area (Å²) in [6.45, 7) is 4.80. The molecular weight excluding hydrogens is 400 g/mol. The first kappa shape index (κ1) is 20.8. The lowest BCUT2D eigenvalue weighted by atomic mass is 9.49. The third-order valence-electron chi connectivity index (χ3n) is 10.2. The van der Waals surface area contributed by atoms with Crippen LogP contribution >= 0.6 is 0 Å². The average Bonchev–Trinajstić information content (AvgIpc) is 3.32. The number of aromatic nitrogens is 4. The fourth-order valence-electron chi connectivity index (χ4n) is 8.78. The molecule has 4 aliphatic carbocycles. The molecule has 8 unspecified atom stereocenters. The van der Waals surface area contributed by atoms with Crippen LogP contribution in [0.3, 0.4) is 0 Å². The van der Waals surface area contributed by atoms with E-state index in [1.165, 1.54) is 44.9 Å². The molecule has 4 saturated carbocycles. The van der Waals surface area contributed by atoms with E-state index in [9.17, 15) is 9.90 Å². The summed E-state index contributed by atoms with van der Waals surface area (Å²) in [6, 6.07) is 0. The second-order valence-corrected chi connectivity index (χ2v) is 11.9. The number of Topliss-reactive ketones (excluding diaryl/α,β-unsaturated/α-hetero) is 1. The predicted octanol–water partition coefficient (Wildman–Crippen LogP) is 4.42. The van der Waals surface area contributed by atoms with Crippen molar-refractivity contribution >= 4 is 16.8 Å². The van der Waals surface area contributed by atoms with Gasteiger partial charge in [0.15, 0.2) is 5.78 Å². The Hall–Kier alpha value is -1.82. The van der Waals surface area contributed by atoms with Crippen molar-refractivity contribution in [3.63, 3.8) is 0 Å². The summed E-state index contributed by atoms with van der Waals surface area (Å²) in [6.07, 6.45) is 15.5. The molecule has 0 spiro atoms. The number of nitrogens with zero attached hydrogens (tertiary/aromatic N) is 4. The summed E-state index contributed by atoms with van der Waals surface area (Å²) < 4.78 is 1.77. The number of hydrogen-bond acceptors (Lipinski definition) is 5. The van der Waals surface area contributed by atoms with Gasteiger partial charge in [-0.1, -0.05) is 6.92 Å². The number of aliphatic hydroxyl groups is 1. The molecule has 0 aromatic carbocycles. The number of carbonyl (C=O) groups is 1. The van der Waals surface area contributed by atoms with E-state index in [4.69, 9.17) is 0 Å². The molecule has 1 N–H and O–H groups in total. The van der Waals surface area contributed by atoms with Crippen LogP contribution in [0.15, 0.2) is 18.7 Å². The highest BCUT2D eigenvalue weighted by Gasteiger charge is 2.58. The molecule has 0 radical (unpaired) electrons. The molecule has 172 valence electrons. The van der Waals surface area contributed by atoms with E-state index in [-0.39, 0.29) is 11.3 Å². The minimum absolute atomic E-state index is 0.137. The molecule has 0 saturated heterocycles. The van der Waals surface area contributed by atoms with Gasteiger partial charge in [0.25, 0.3) is 0 Å². The Morgan fingerprint density at radius 3 is 2.75 bits per heavy atom. The van der Waals surface area contributed by atoms with Gasteiger partial charge in [0.2, 0.25) is 0 Å². The Bertz CT molecular complexity index is 999. The third kappa shape index (κ3) is 3.24. The van der Waals surface area contributed by atoms with E-state index in [0.717, 1.165) is 48.0 Å². The Morgan fingerprint density at radius 2 is 1.91 bits per heavy atom. The molecule has 6 rings (SSSR count). The van der Waals surface area contributed by atoms with Crippen molar-refractivity contribution in [1.82, 2.24) is 19.7 Å². The van der Waals surface area contributed by atoms with Gasteiger partial charge in [-0.2, -0.15) is 5.10 Å². The van der Waals surface area contributed by atoms with E-state index in [0.29, 0.717) is 24.2 Å². The maximum atomic E-state index is 13.5. The van der Waals surface area contributed by atoms with E-state index in [2.05, 4.69) is 22.0 Å². The molecular formula is C26H36N4O2. The first-order chi connectivity index (χ1) is 15.3. The van der Waals surface area contributed by atoms with Gasteiger partial charge < -0.3 is 5.11 Å². The van der Waals surface area contributed by atoms with Gasteiger partial charge in [-0.05, 0) is 99.7 Å². The fraction of sp³-hybridized carbons (Fsp3) is 0.769. The molecule has 4 fully saturated rings. The average molecular weight is 437 g/mol. The highest BCUT2D eigenvalue weighted by atomic mass is 16.3. The van der Waals surface area contributed by atoms with E-state index >= 15 is 0 Å². The van der Waals surface area contributed by atoms with Crippen LogP contribution in [-0.4, -0.2) is 36.2 Å². The van der Waals surface area contributed by atoms with E-state index in [1.807, 2.05) is 13.1 Å². The highest BCUT2D eigenvalue weighted by molar-refractivity contribution is 5.82. The molecule has 6 nitrogen and oxygen atoms in total. The van der Waals surface area contributed by atoms with Gasteiger partial charge in [-0.3, -0.25) is 9.48 Å². The molecule has 6 heteroatoms. The zero-order chi connectivity index (χ0) is 22.1. The molecule has 8 atom stereocenters. The van der Waals surface area contributed by atoms with Crippen LogP contribution in [0.5, 0.6) is 0 Å². The Kier molecular flexibility index (Phi) is 4.76. The van der Waals surface area contributed by atoms with Crippen molar-refractivity contribution in [3.8, 4) is 0 Å². The minimum Gasteiger partial charge on any atom is -0.390 e.